The van der Waals surface area contributed by atoms with Gasteiger partial charge in [-0.1, -0.05) is 42.7 Å². The number of likely N-dealkylation sites (N-methyl/N-ethyl adjacent to an activating group) is 1. The minimum Gasteiger partial charge on any atom is -0.467 e. The van der Waals surface area contributed by atoms with Gasteiger partial charge in [-0.05, 0) is 83.2 Å². The van der Waals surface area contributed by atoms with Crippen molar-refractivity contribution >= 4 is 39.6 Å². The maximum absolute atomic E-state index is 13.9. The molecule has 0 aromatic heterocycles. The Morgan fingerprint density at radius 3 is 2.10 bits per heavy atom. The lowest BCUT2D eigenvalue weighted by Gasteiger charge is -2.37. The predicted octanol–water partition coefficient (Wildman–Crippen LogP) is 4.41. The van der Waals surface area contributed by atoms with Crippen molar-refractivity contribution in [1.29, 1.82) is 0 Å². The number of methoxy groups -OCH3 is 1. The van der Waals surface area contributed by atoms with Crippen molar-refractivity contribution in [3.63, 3.8) is 0 Å². The van der Waals surface area contributed by atoms with Crippen LogP contribution in [0.2, 0.25) is 0 Å². The highest BCUT2D eigenvalue weighted by atomic mass is 32.2. The molecule has 0 radical (unpaired) electrons. The Hall–Kier alpha value is -3.97. The zero-order chi connectivity index (χ0) is 35.3. The van der Waals surface area contributed by atoms with Crippen molar-refractivity contribution in [2.45, 2.75) is 94.7 Å². The number of carbonyl (C=O) groups excluding carboxylic acids is 4. The zero-order valence-corrected chi connectivity index (χ0v) is 29.5. The minimum atomic E-state index is -4.00. The number of piperidine rings is 1. The summed E-state index contributed by atoms with van der Waals surface area (Å²) in [4.78, 5) is 53.8. The Morgan fingerprint density at radius 1 is 0.979 bits per heavy atom. The Bertz CT molecular complexity index is 1570. The Balaban J connectivity index is 1.39. The van der Waals surface area contributed by atoms with Gasteiger partial charge in [-0.25, -0.2) is 18.0 Å². The summed E-state index contributed by atoms with van der Waals surface area (Å²) < 4.78 is 38.8. The van der Waals surface area contributed by atoms with Crippen LogP contribution in [0.3, 0.4) is 0 Å². The van der Waals surface area contributed by atoms with Gasteiger partial charge >= 0.3 is 12.1 Å². The lowest BCUT2D eigenvalue weighted by molar-refractivity contribution is -0.146. The number of hydrogen-bond donors (Lipinski definition) is 2. The van der Waals surface area contributed by atoms with Crippen LogP contribution in [-0.2, 0) is 40.3 Å². The summed E-state index contributed by atoms with van der Waals surface area (Å²) in [5.74, 6) is -1.60. The molecule has 2 aromatic rings. The second-order valence-corrected chi connectivity index (χ2v) is 15.7. The summed E-state index contributed by atoms with van der Waals surface area (Å²) in [7, 11) is -1.35. The maximum Gasteiger partial charge on any atom is 0.410 e. The first-order chi connectivity index (χ1) is 22.6. The van der Waals surface area contributed by atoms with Gasteiger partial charge in [-0.2, -0.15) is 4.31 Å². The van der Waals surface area contributed by atoms with E-state index in [0.717, 1.165) is 9.87 Å². The van der Waals surface area contributed by atoms with Gasteiger partial charge in [0.2, 0.25) is 21.8 Å². The molecule has 2 aromatic carbocycles. The molecule has 2 aliphatic rings. The summed E-state index contributed by atoms with van der Waals surface area (Å²) in [6.45, 7) is 8.17. The predicted molar refractivity (Wildman–Crippen MR) is 181 cm³/mol. The average molecular weight is 685 g/mol. The molecule has 0 spiro atoms. The quantitative estimate of drug-likeness (QED) is 0.350. The maximum atomic E-state index is 13.9. The molecule has 13 heteroatoms. The van der Waals surface area contributed by atoms with Crippen molar-refractivity contribution in [3.8, 4) is 0 Å². The van der Waals surface area contributed by atoms with E-state index in [4.69, 9.17) is 9.47 Å². The van der Waals surface area contributed by atoms with E-state index in [1.807, 2.05) is 27.7 Å². The van der Waals surface area contributed by atoms with Crippen molar-refractivity contribution in [2.24, 2.45) is 5.92 Å². The molecule has 262 valence electrons. The fraction of sp³-hybridized carbons (Fsp3) is 0.543. The number of nitrogens with zero attached hydrogens (tertiary/aromatic N) is 2. The molecule has 48 heavy (non-hydrogen) atoms. The number of ether oxygens (including phenoxy) is 2. The van der Waals surface area contributed by atoms with Gasteiger partial charge in [-0.3, -0.25) is 9.59 Å². The van der Waals surface area contributed by atoms with Gasteiger partial charge in [0.15, 0.2) is 0 Å². The number of rotatable bonds is 10. The Labute approximate surface area is 283 Å². The third-order valence-corrected chi connectivity index (χ3v) is 11.0. The molecule has 2 N–H and O–H groups in total. The van der Waals surface area contributed by atoms with Crippen LogP contribution in [-0.4, -0.2) is 85.9 Å². The lowest BCUT2D eigenvalue weighted by Crippen LogP contribution is -2.60. The summed E-state index contributed by atoms with van der Waals surface area (Å²) in [5, 5.41) is 5.73. The highest BCUT2D eigenvalue weighted by Gasteiger charge is 2.50. The van der Waals surface area contributed by atoms with E-state index in [0.29, 0.717) is 62.9 Å². The van der Waals surface area contributed by atoms with Crippen molar-refractivity contribution < 1.29 is 37.1 Å². The molecule has 1 atom stereocenters. The minimum absolute atomic E-state index is 0.0950. The first-order valence-electron chi connectivity index (χ1n) is 16.4. The van der Waals surface area contributed by atoms with Crippen LogP contribution in [0.25, 0.3) is 0 Å². The highest BCUT2D eigenvalue weighted by molar-refractivity contribution is 7.89. The summed E-state index contributed by atoms with van der Waals surface area (Å²) in [6.07, 6.45) is 2.74. The fourth-order valence-electron chi connectivity index (χ4n) is 6.23. The van der Waals surface area contributed by atoms with Gasteiger partial charge < -0.3 is 25.0 Å². The van der Waals surface area contributed by atoms with Crippen molar-refractivity contribution in [3.05, 3.63) is 59.7 Å². The van der Waals surface area contributed by atoms with Gasteiger partial charge in [0.1, 0.15) is 17.2 Å². The number of hydrogen-bond acceptors (Lipinski definition) is 8. The second kappa shape index (κ2) is 15.1. The second-order valence-electron chi connectivity index (χ2n) is 13.7. The third-order valence-electron chi connectivity index (χ3n) is 9.11. The summed E-state index contributed by atoms with van der Waals surface area (Å²) >= 11 is 0. The van der Waals surface area contributed by atoms with E-state index < -0.39 is 39.1 Å². The van der Waals surface area contributed by atoms with Crippen LogP contribution < -0.4 is 10.6 Å². The molecule has 1 aliphatic carbocycles. The molecule has 1 aliphatic heterocycles. The number of aryl methyl sites for hydroxylation is 1. The topological polar surface area (TPSA) is 151 Å². The third kappa shape index (κ3) is 8.73. The standard InChI is InChI=1S/C35H48N4O8S/c1-24-9-15-28(16-10-24)48(44,45)38(5)35(19-7-8-20-35)32(42)37-29(31(41)46-6)23-25-11-13-27(14-12-25)36-30(40)26-17-21-39(22-18-26)33(43)47-34(2,3)4/h9-16,26,29H,7-8,17-23H2,1-6H3,(H,36,40)(H,37,42)/t29-/m0/s1. The summed E-state index contributed by atoms with van der Waals surface area (Å²) in [5.41, 5.74) is 0.256. The number of benzene rings is 2. The van der Waals surface area contributed by atoms with Crippen LogP contribution in [0, 0.1) is 12.8 Å². The van der Waals surface area contributed by atoms with Gasteiger partial charge in [0, 0.05) is 38.2 Å². The molecule has 4 rings (SSSR count). The van der Waals surface area contributed by atoms with Gasteiger partial charge in [-0.15, -0.1) is 0 Å². The smallest absolute Gasteiger partial charge is 0.410 e. The average Bonchev–Trinajstić information content (AvgIpc) is 3.55. The van der Waals surface area contributed by atoms with E-state index in [9.17, 15) is 27.6 Å². The van der Waals surface area contributed by atoms with Crippen LogP contribution in [0.1, 0.15) is 70.4 Å². The van der Waals surface area contributed by atoms with E-state index in [1.54, 1.807) is 41.3 Å². The van der Waals surface area contributed by atoms with Gasteiger partial charge in [0.05, 0.1) is 12.0 Å². The Morgan fingerprint density at radius 2 is 1.56 bits per heavy atom. The van der Waals surface area contributed by atoms with Crippen LogP contribution in [0.5, 0.6) is 0 Å². The number of nitrogens with one attached hydrogen (secondary N) is 2. The van der Waals surface area contributed by atoms with E-state index in [1.165, 1.54) is 26.3 Å². The normalized spacial score (nSPS) is 17.4. The van der Waals surface area contributed by atoms with Gasteiger partial charge in [0.25, 0.3) is 0 Å². The number of esters is 1. The Kier molecular flexibility index (Phi) is 11.6. The zero-order valence-electron chi connectivity index (χ0n) is 28.7. The number of anilines is 1. The number of likely N-dealkylation sites (tertiary alicyclic amines) is 1. The molecule has 3 amide bonds. The first-order valence-corrected chi connectivity index (χ1v) is 17.8. The molecular formula is C35H48N4O8S. The molecular weight excluding hydrogens is 636 g/mol. The number of carbonyl (C=O) groups is 4. The first kappa shape index (κ1) is 36.9. The molecule has 1 heterocycles. The molecule has 0 bridgehead atoms. The number of amides is 3. The number of sulfonamides is 1. The van der Waals surface area contributed by atoms with Crippen LogP contribution in [0.4, 0.5) is 10.5 Å². The fourth-order valence-corrected chi connectivity index (χ4v) is 7.75. The van der Waals surface area contributed by atoms with Crippen molar-refractivity contribution in [2.75, 3.05) is 32.6 Å². The SMILES string of the molecule is COC(=O)[C@H](Cc1ccc(NC(=O)C2CCN(C(=O)OC(C)(C)C)CC2)cc1)NC(=O)C1(N(C)S(=O)(=O)c2ccc(C)cc2)CCCC1. The van der Waals surface area contributed by atoms with Crippen LogP contribution in [0.15, 0.2) is 53.4 Å². The molecule has 1 saturated heterocycles. The lowest BCUT2D eigenvalue weighted by atomic mass is 9.95. The van der Waals surface area contributed by atoms with Crippen LogP contribution >= 0.6 is 0 Å². The van der Waals surface area contributed by atoms with E-state index in [-0.39, 0.29) is 29.2 Å². The van der Waals surface area contributed by atoms with E-state index >= 15 is 0 Å². The van der Waals surface area contributed by atoms with Crippen molar-refractivity contribution in [1.82, 2.24) is 14.5 Å². The monoisotopic (exact) mass is 684 g/mol. The molecule has 0 unspecified atom stereocenters. The molecule has 2 fully saturated rings. The summed E-state index contributed by atoms with van der Waals surface area (Å²) in [6, 6.07) is 12.4. The largest absolute Gasteiger partial charge is 0.467 e. The molecule has 12 nitrogen and oxygen atoms in total. The molecule has 1 saturated carbocycles. The van der Waals surface area contributed by atoms with E-state index in [2.05, 4.69) is 10.6 Å². The highest BCUT2D eigenvalue weighted by Crippen LogP contribution is 2.38.